The van der Waals surface area contributed by atoms with E-state index in [1.54, 1.807) is 0 Å². The molecule has 0 aromatic rings. The summed E-state index contributed by atoms with van der Waals surface area (Å²) >= 11 is 0. The van der Waals surface area contributed by atoms with Crippen LogP contribution in [0.5, 0.6) is 0 Å². The zero-order valence-electron chi connectivity index (χ0n) is 7.42. The fourth-order valence-electron chi connectivity index (χ4n) is 1.98. The molecule has 1 rings (SSSR count). The molecule has 11 heavy (non-hydrogen) atoms. The maximum atomic E-state index is 10.3. The number of hydrogen-bond acceptors (Lipinski definition) is 2. The molecule has 2 heteroatoms. The minimum absolute atomic E-state index is 0.616. The Balaban J connectivity index is 2.48. The summed E-state index contributed by atoms with van der Waals surface area (Å²) < 4.78 is 0. The number of nitrogens with zero attached hydrogens (tertiary/aromatic N) is 1. The van der Waals surface area contributed by atoms with E-state index in [1.165, 1.54) is 19.3 Å². The number of carbonyl (C=O) groups excluding carboxylic acids is 1. The van der Waals surface area contributed by atoms with E-state index in [1.807, 2.05) is 0 Å². The summed E-state index contributed by atoms with van der Waals surface area (Å²) in [5.74, 6) is 0. The van der Waals surface area contributed by atoms with Crippen LogP contribution in [0.25, 0.3) is 0 Å². The highest BCUT2D eigenvalue weighted by atomic mass is 16.1. The number of carbonyl (C=O) groups is 1. The second-order valence-electron chi connectivity index (χ2n) is 3.35. The molecule has 0 N–H and O–H groups in total. The van der Waals surface area contributed by atoms with Crippen LogP contribution in [0.15, 0.2) is 0 Å². The third-order valence-corrected chi connectivity index (χ3v) is 2.71. The molecular weight excluding hydrogens is 138 g/mol. The standard InChI is InChI=1S/C9H17NO/c1-3-9-5-4-8(2)10(9)6-7-11/h7-9H,3-6H2,1-2H3. The highest BCUT2D eigenvalue weighted by Gasteiger charge is 2.28. The highest BCUT2D eigenvalue weighted by molar-refractivity contribution is 5.52. The molecule has 2 unspecified atom stereocenters. The predicted molar refractivity (Wildman–Crippen MR) is 45.5 cm³/mol. The molecule has 0 aromatic heterocycles. The summed E-state index contributed by atoms with van der Waals surface area (Å²) in [6, 6.07) is 1.28. The zero-order valence-corrected chi connectivity index (χ0v) is 7.42. The lowest BCUT2D eigenvalue weighted by Crippen LogP contribution is -2.35. The molecule has 0 bridgehead atoms. The van der Waals surface area contributed by atoms with Crippen LogP contribution < -0.4 is 0 Å². The highest BCUT2D eigenvalue weighted by Crippen LogP contribution is 2.24. The molecule has 0 radical (unpaired) electrons. The Kier molecular flexibility index (Phi) is 3.06. The maximum Gasteiger partial charge on any atom is 0.134 e. The van der Waals surface area contributed by atoms with Crippen molar-refractivity contribution in [2.75, 3.05) is 6.54 Å². The van der Waals surface area contributed by atoms with Crippen molar-refractivity contribution in [3.63, 3.8) is 0 Å². The SMILES string of the molecule is CCC1CCC(C)N1CC=O. The van der Waals surface area contributed by atoms with Gasteiger partial charge >= 0.3 is 0 Å². The van der Waals surface area contributed by atoms with Crippen LogP contribution >= 0.6 is 0 Å². The number of rotatable bonds is 3. The van der Waals surface area contributed by atoms with Crippen molar-refractivity contribution in [1.29, 1.82) is 0 Å². The molecule has 1 aliphatic rings. The molecule has 0 aliphatic carbocycles. The monoisotopic (exact) mass is 155 g/mol. The molecule has 1 fully saturated rings. The van der Waals surface area contributed by atoms with Crippen molar-refractivity contribution in [3.8, 4) is 0 Å². The molecular formula is C9H17NO. The molecule has 2 nitrogen and oxygen atoms in total. The van der Waals surface area contributed by atoms with Gasteiger partial charge in [0.2, 0.25) is 0 Å². The maximum absolute atomic E-state index is 10.3. The van der Waals surface area contributed by atoms with Crippen molar-refractivity contribution >= 4 is 6.29 Å². The smallest absolute Gasteiger partial charge is 0.134 e. The number of hydrogen-bond donors (Lipinski definition) is 0. The van der Waals surface area contributed by atoms with Gasteiger partial charge in [-0.15, -0.1) is 0 Å². The second-order valence-corrected chi connectivity index (χ2v) is 3.35. The predicted octanol–water partition coefficient (Wildman–Crippen LogP) is 1.45. The van der Waals surface area contributed by atoms with E-state index in [2.05, 4.69) is 18.7 Å². The van der Waals surface area contributed by atoms with Gasteiger partial charge in [0.25, 0.3) is 0 Å². The molecule has 1 aliphatic heterocycles. The van der Waals surface area contributed by atoms with Gasteiger partial charge in [-0.3, -0.25) is 4.90 Å². The fourth-order valence-corrected chi connectivity index (χ4v) is 1.98. The van der Waals surface area contributed by atoms with Gasteiger partial charge in [0.15, 0.2) is 0 Å². The first-order valence-corrected chi connectivity index (χ1v) is 4.49. The van der Waals surface area contributed by atoms with Crippen molar-refractivity contribution in [2.24, 2.45) is 0 Å². The van der Waals surface area contributed by atoms with Crippen LogP contribution in [0.3, 0.4) is 0 Å². The molecule has 0 saturated carbocycles. The lowest BCUT2D eigenvalue weighted by Gasteiger charge is -2.24. The quantitative estimate of drug-likeness (QED) is 0.575. The molecule has 0 aromatic carbocycles. The van der Waals surface area contributed by atoms with E-state index < -0.39 is 0 Å². The topological polar surface area (TPSA) is 20.3 Å². The Bertz CT molecular complexity index is 136. The van der Waals surface area contributed by atoms with Gasteiger partial charge in [0.1, 0.15) is 6.29 Å². The van der Waals surface area contributed by atoms with Gasteiger partial charge in [-0.05, 0) is 26.2 Å². The Hall–Kier alpha value is -0.370. The lowest BCUT2D eigenvalue weighted by molar-refractivity contribution is -0.109. The van der Waals surface area contributed by atoms with Gasteiger partial charge in [-0.25, -0.2) is 0 Å². The molecule has 0 spiro atoms. The summed E-state index contributed by atoms with van der Waals surface area (Å²) in [6.07, 6.45) is 4.72. The van der Waals surface area contributed by atoms with Crippen LogP contribution in [0.1, 0.15) is 33.1 Å². The minimum Gasteiger partial charge on any atom is -0.302 e. The van der Waals surface area contributed by atoms with E-state index >= 15 is 0 Å². The summed E-state index contributed by atoms with van der Waals surface area (Å²) in [5.41, 5.74) is 0. The third kappa shape index (κ3) is 1.80. The lowest BCUT2D eigenvalue weighted by atomic mass is 10.2. The van der Waals surface area contributed by atoms with Crippen molar-refractivity contribution in [2.45, 2.75) is 45.2 Å². The average molecular weight is 155 g/mol. The van der Waals surface area contributed by atoms with Crippen molar-refractivity contribution < 1.29 is 4.79 Å². The second kappa shape index (κ2) is 3.86. The molecule has 0 amide bonds. The van der Waals surface area contributed by atoms with Crippen LogP contribution in [-0.2, 0) is 4.79 Å². The molecule has 1 heterocycles. The van der Waals surface area contributed by atoms with Gasteiger partial charge in [-0.1, -0.05) is 6.92 Å². The number of likely N-dealkylation sites (tertiary alicyclic amines) is 1. The van der Waals surface area contributed by atoms with Gasteiger partial charge < -0.3 is 4.79 Å². The Morgan fingerprint density at radius 2 is 2.27 bits per heavy atom. The third-order valence-electron chi connectivity index (χ3n) is 2.71. The van der Waals surface area contributed by atoms with Gasteiger partial charge in [0, 0.05) is 12.1 Å². The van der Waals surface area contributed by atoms with E-state index in [0.717, 1.165) is 6.29 Å². The van der Waals surface area contributed by atoms with Crippen LogP contribution in [-0.4, -0.2) is 29.8 Å². The first kappa shape index (κ1) is 8.72. The fraction of sp³-hybridized carbons (Fsp3) is 0.889. The Morgan fingerprint density at radius 1 is 1.55 bits per heavy atom. The van der Waals surface area contributed by atoms with Crippen LogP contribution in [0.4, 0.5) is 0 Å². The first-order valence-electron chi connectivity index (χ1n) is 4.49. The van der Waals surface area contributed by atoms with Gasteiger partial charge in [0.05, 0.1) is 6.54 Å². The van der Waals surface area contributed by atoms with Crippen LogP contribution in [0.2, 0.25) is 0 Å². The normalized spacial score (nSPS) is 32.5. The van der Waals surface area contributed by atoms with E-state index in [9.17, 15) is 4.79 Å². The zero-order chi connectivity index (χ0) is 8.27. The van der Waals surface area contributed by atoms with Gasteiger partial charge in [-0.2, -0.15) is 0 Å². The summed E-state index contributed by atoms with van der Waals surface area (Å²) in [6.45, 7) is 5.03. The molecule has 2 atom stereocenters. The van der Waals surface area contributed by atoms with Crippen molar-refractivity contribution in [1.82, 2.24) is 4.90 Å². The molecule has 64 valence electrons. The van der Waals surface area contributed by atoms with Crippen molar-refractivity contribution in [3.05, 3.63) is 0 Å². The minimum atomic E-state index is 0.616. The number of aldehydes is 1. The Labute approximate surface area is 68.6 Å². The molecule has 1 saturated heterocycles. The Morgan fingerprint density at radius 3 is 2.82 bits per heavy atom. The van der Waals surface area contributed by atoms with E-state index in [0.29, 0.717) is 18.6 Å². The summed E-state index contributed by atoms with van der Waals surface area (Å²) in [7, 11) is 0. The summed E-state index contributed by atoms with van der Waals surface area (Å²) in [5, 5.41) is 0. The van der Waals surface area contributed by atoms with E-state index in [4.69, 9.17) is 0 Å². The first-order chi connectivity index (χ1) is 5.29. The van der Waals surface area contributed by atoms with E-state index in [-0.39, 0.29) is 0 Å². The average Bonchev–Trinajstić information content (AvgIpc) is 2.34. The largest absolute Gasteiger partial charge is 0.302 e. The summed E-state index contributed by atoms with van der Waals surface area (Å²) in [4.78, 5) is 12.6. The van der Waals surface area contributed by atoms with Crippen LogP contribution in [0, 0.1) is 0 Å².